The Morgan fingerprint density at radius 1 is 1.06 bits per heavy atom. The minimum atomic E-state index is -0.161. The zero-order chi connectivity index (χ0) is 14.1. The summed E-state index contributed by atoms with van der Waals surface area (Å²) in [6, 6.07) is 7.00. The summed E-state index contributed by atoms with van der Waals surface area (Å²) < 4.78 is 0. The van der Waals surface area contributed by atoms with Gasteiger partial charge in [-0.05, 0) is 12.1 Å². The van der Waals surface area contributed by atoms with Crippen LogP contribution in [0.5, 0.6) is 0 Å². The van der Waals surface area contributed by atoms with Crippen molar-refractivity contribution in [3.63, 3.8) is 0 Å². The lowest BCUT2D eigenvalue weighted by atomic mass is 10.1. The van der Waals surface area contributed by atoms with Crippen molar-refractivity contribution in [2.24, 2.45) is 0 Å². The molecule has 1 heterocycles. The van der Waals surface area contributed by atoms with E-state index in [0.29, 0.717) is 11.3 Å². The third kappa shape index (κ3) is 3.87. The predicted molar refractivity (Wildman–Crippen MR) is 74.7 cm³/mol. The Kier molecular flexibility index (Phi) is 7.43. The van der Waals surface area contributed by atoms with Gasteiger partial charge in [0.1, 0.15) is 0 Å². The van der Waals surface area contributed by atoms with Gasteiger partial charge in [0.15, 0.2) is 0 Å². The van der Waals surface area contributed by atoms with Crippen molar-refractivity contribution in [3.05, 3.63) is 29.8 Å². The van der Waals surface area contributed by atoms with Crippen molar-refractivity contribution in [3.8, 4) is 0 Å². The highest BCUT2D eigenvalue weighted by Gasteiger charge is 2.22. The number of amides is 2. The van der Waals surface area contributed by atoms with E-state index in [1.807, 2.05) is 27.7 Å². The maximum absolute atomic E-state index is 11.7. The van der Waals surface area contributed by atoms with Crippen LogP contribution >= 0.6 is 0 Å². The van der Waals surface area contributed by atoms with E-state index in [1.54, 1.807) is 31.3 Å². The lowest BCUT2D eigenvalue weighted by Crippen LogP contribution is -2.31. The second-order valence-corrected chi connectivity index (χ2v) is 3.25. The Morgan fingerprint density at radius 3 is 2.22 bits per heavy atom. The zero-order valence-electron chi connectivity index (χ0n) is 11.8. The first-order valence-corrected chi connectivity index (χ1v) is 6.33. The van der Waals surface area contributed by atoms with Crippen LogP contribution in [-0.4, -0.2) is 30.3 Å². The molecule has 1 aromatic rings. The molecule has 0 aliphatic carbocycles. The molecule has 0 spiro atoms. The number of anilines is 1. The molecular weight excluding hydrogens is 228 g/mol. The number of fused-ring (bicyclic) bond motifs is 1. The monoisotopic (exact) mass is 250 g/mol. The minimum absolute atomic E-state index is 0.105. The fraction of sp³-hybridized carbons (Fsp3) is 0.429. The van der Waals surface area contributed by atoms with Crippen LogP contribution < -0.4 is 5.32 Å². The molecule has 1 aliphatic rings. The molecule has 4 nitrogen and oxygen atoms in total. The van der Waals surface area contributed by atoms with E-state index in [4.69, 9.17) is 0 Å². The average Bonchev–Trinajstić information content (AvgIpc) is 2.52. The number of nitrogens with one attached hydrogen (secondary N) is 1. The molecule has 1 N–H and O–H groups in total. The third-order valence-electron chi connectivity index (χ3n) is 2.16. The normalized spacial score (nSPS) is 13.1. The lowest BCUT2D eigenvalue weighted by molar-refractivity contribution is -0.116. The van der Waals surface area contributed by atoms with E-state index < -0.39 is 0 Å². The smallest absolute Gasteiger partial charge is 0.256 e. The summed E-state index contributed by atoms with van der Waals surface area (Å²) in [5.74, 6) is -0.287. The standard InChI is InChI=1S/C10H10N2O2.2C2H6/c1-12-6-9(13)11-8-5-3-2-4-7(8)10(12)14;2*1-2/h2-5H,6H2,1H3,(H,11,13);2*1-2H3. The van der Waals surface area contributed by atoms with Crippen molar-refractivity contribution in [2.45, 2.75) is 27.7 Å². The summed E-state index contributed by atoms with van der Waals surface area (Å²) in [7, 11) is 1.62. The molecule has 18 heavy (non-hydrogen) atoms. The topological polar surface area (TPSA) is 49.4 Å². The molecule has 0 atom stereocenters. The van der Waals surface area contributed by atoms with Gasteiger partial charge < -0.3 is 10.2 Å². The van der Waals surface area contributed by atoms with Gasteiger partial charge in [0.05, 0.1) is 17.8 Å². The molecule has 0 saturated heterocycles. The first kappa shape index (κ1) is 16.2. The molecule has 0 unspecified atom stereocenters. The first-order chi connectivity index (χ1) is 8.68. The van der Waals surface area contributed by atoms with E-state index in [0.717, 1.165) is 0 Å². The molecule has 0 bridgehead atoms. The van der Waals surface area contributed by atoms with Crippen LogP contribution in [0.15, 0.2) is 24.3 Å². The maximum Gasteiger partial charge on any atom is 0.256 e. The van der Waals surface area contributed by atoms with Gasteiger partial charge in [0.2, 0.25) is 5.91 Å². The highest BCUT2D eigenvalue weighted by atomic mass is 16.2. The Hall–Kier alpha value is -1.84. The molecule has 0 fully saturated rings. The van der Waals surface area contributed by atoms with Crippen LogP contribution in [0.1, 0.15) is 38.1 Å². The number of benzene rings is 1. The fourth-order valence-electron chi connectivity index (χ4n) is 1.46. The molecule has 1 aromatic carbocycles. The van der Waals surface area contributed by atoms with E-state index in [-0.39, 0.29) is 18.4 Å². The summed E-state index contributed by atoms with van der Waals surface area (Å²) in [6.07, 6.45) is 0. The number of nitrogens with zero attached hydrogens (tertiary/aromatic N) is 1. The molecule has 0 saturated carbocycles. The largest absolute Gasteiger partial charge is 0.332 e. The van der Waals surface area contributed by atoms with Crippen molar-refractivity contribution in [2.75, 3.05) is 18.9 Å². The molecule has 1 aliphatic heterocycles. The van der Waals surface area contributed by atoms with Gasteiger partial charge in [0, 0.05) is 7.05 Å². The van der Waals surface area contributed by atoms with E-state index >= 15 is 0 Å². The second kappa shape index (κ2) is 8.28. The summed E-state index contributed by atoms with van der Waals surface area (Å²) in [5, 5.41) is 2.68. The number of rotatable bonds is 0. The SMILES string of the molecule is CC.CC.CN1CC(=O)Nc2ccccc2C1=O. The summed E-state index contributed by atoms with van der Waals surface area (Å²) in [4.78, 5) is 24.4. The lowest BCUT2D eigenvalue weighted by Gasteiger charge is -2.11. The van der Waals surface area contributed by atoms with Gasteiger partial charge in [-0.1, -0.05) is 39.8 Å². The number of hydrogen-bond donors (Lipinski definition) is 1. The van der Waals surface area contributed by atoms with Gasteiger partial charge in [-0.3, -0.25) is 9.59 Å². The number of hydrogen-bond acceptors (Lipinski definition) is 2. The van der Waals surface area contributed by atoms with Crippen LogP contribution in [0.3, 0.4) is 0 Å². The zero-order valence-corrected chi connectivity index (χ0v) is 11.8. The summed E-state index contributed by atoms with van der Waals surface area (Å²) >= 11 is 0. The Balaban J connectivity index is 0.000000659. The molecule has 100 valence electrons. The van der Waals surface area contributed by atoms with Crippen molar-refractivity contribution >= 4 is 17.5 Å². The van der Waals surface area contributed by atoms with Crippen LogP contribution in [0.2, 0.25) is 0 Å². The van der Waals surface area contributed by atoms with Gasteiger partial charge in [-0.25, -0.2) is 0 Å². The Bertz CT molecular complexity index is 403. The van der Waals surface area contributed by atoms with Crippen molar-refractivity contribution in [1.82, 2.24) is 4.90 Å². The Morgan fingerprint density at radius 2 is 1.61 bits per heavy atom. The predicted octanol–water partition coefficient (Wildman–Crippen LogP) is 2.76. The van der Waals surface area contributed by atoms with Crippen LogP contribution in [0, 0.1) is 0 Å². The van der Waals surface area contributed by atoms with Crippen molar-refractivity contribution < 1.29 is 9.59 Å². The molecule has 2 amide bonds. The highest BCUT2D eigenvalue weighted by Crippen LogP contribution is 2.19. The summed E-state index contributed by atoms with van der Waals surface area (Å²) in [6.45, 7) is 8.10. The first-order valence-electron chi connectivity index (χ1n) is 6.33. The number of carbonyl (C=O) groups excluding carboxylic acids is 2. The number of carbonyl (C=O) groups is 2. The molecule has 0 aromatic heterocycles. The molecule has 0 radical (unpaired) electrons. The van der Waals surface area contributed by atoms with Gasteiger partial charge in [-0.15, -0.1) is 0 Å². The molecule has 4 heteroatoms. The van der Waals surface area contributed by atoms with Crippen LogP contribution in [-0.2, 0) is 4.79 Å². The van der Waals surface area contributed by atoms with E-state index in [1.165, 1.54) is 4.90 Å². The van der Waals surface area contributed by atoms with Crippen molar-refractivity contribution in [1.29, 1.82) is 0 Å². The molecular formula is C14H22N2O2. The quantitative estimate of drug-likeness (QED) is 0.769. The highest BCUT2D eigenvalue weighted by molar-refractivity contribution is 6.08. The van der Waals surface area contributed by atoms with Gasteiger partial charge in [-0.2, -0.15) is 0 Å². The van der Waals surface area contributed by atoms with E-state index in [9.17, 15) is 9.59 Å². The average molecular weight is 250 g/mol. The number of para-hydroxylation sites is 1. The van der Waals surface area contributed by atoms with Gasteiger partial charge in [0.25, 0.3) is 5.91 Å². The van der Waals surface area contributed by atoms with Crippen LogP contribution in [0.25, 0.3) is 0 Å². The van der Waals surface area contributed by atoms with E-state index in [2.05, 4.69) is 5.32 Å². The molecule has 2 rings (SSSR count). The maximum atomic E-state index is 11.7. The fourth-order valence-corrected chi connectivity index (χ4v) is 1.46. The van der Waals surface area contributed by atoms with Crippen LogP contribution in [0.4, 0.5) is 5.69 Å². The second-order valence-electron chi connectivity index (χ2n) is 3.25. The Labute approximate surface area is 109 Å². The van der Waals surface area contributed by atoms with Gasteiger partial charge >= 0.3 is 0 Å². The number of likely N-dealkylation sites (N-methyl/N-ethyl adjacent to an activating group) is 1. The summed E-state index contributed by atoms with van der Waals surface area (Å²) in [5.41, 5.74) is 1.13. The minimum Gasteiger partial charge on any atom is -0.332 e. The third-order valence-corrected chi connectivity index (χ3v) is 2.16.